The first-order valence-corrected chi connectivity index (χ1v) is 9.14. The highest BCUT2D eigenvalue weighted by atomic mass is 16.1. The lowest BCUT2D eigenvalue weighted by Gasteiger charge is -2.31. The summed E-state index contributed by atoms with van der Waals surface area (Å²) in [5.74, 6) is 1.39. The molecule has 0 unspecified atom stereocenters. The van der Waals surface area contributed by atoms with Crippen molar-refractivity contribution < 1.29 is 0 Å². The average Bonchev–Trinajstić information content (AvgIpc) is 2.70. The van der Waals surface area contributed by atoms with E-state index in [1.807, 2.05) is 12.1 Å². The van der Waals surface area contributed by atoms with E-state index < -0.39 is 0 Å². The highest BCUT2D eigenvalue weighted by Crippen LogP contribution is 2.27. The number of H-pyrrole nitrogens is 1. The zero-order valence-corrected chi connectivity index (χ0v) is 15.2. The van der Waals surface area contributed by atoms with Crippen molar-refractivity contribution in [3.05, 3.63) is 40.8 Å². The predicted molar refractivity (Wildman–Crippen MR) is 107 cm³/mol. The monoisotopic (exact) mass is 376 g/mol. The standard InChI is InChI=1S/C19H20N8O/c20-8-5-12-6-9-27(10-7-12)19-24-15-11-22-26-18(28)16(15)17(25-19)23-14-3-1-13(21)2-4-14/h1-4,11-12H,5-7,9-10,21H2,(H,26,28)(H,23,24,25). The summed E-state index contributed by atoms with van der Waals surface area (Å²) >= 11 is 0. The number of hydrogen-bond acceptors (Lipinski definition) is 8. The van der Waals surface area contributed by atoms with E-state index in [9.17, 15) is 4.79 Å². The first-order valence-electron chi connectivity index (χ1n) is 9.14. The van der Waals surface area contributed by atoms with E-state index in [1.54, 1.807) is 12.1 Å². The van der Waals surface area contributed by atoms with Crippen molar-refractivity contribution in [1.29, 1.82) is 5.26 Å². The van der Waals surface area contributed by atoms with E-state index in [4.69, 9.17) is 11.0 Å². The lowest BCUT2D eigenvalue weighted by atomic mass is 9.94. The molecule has 1 saturated heterocycles. The summed E-state index contributed by atoms with van der Waals surface area (Å²) in [4.78, 5) is 23.6. The van der Waals surface area contributed by atoms with Gasteiger partial charge in [-0.2, -0.15) is 15.3 Å². The Labute approximate surface area is 161 Å². The van der Waals surface area contributed by atoms with Crippen LogP contribution in [0.2, 0.25) is 0 Å². The van der Waals surface area contributed by atoms with E-state index in [-0.39, 0.29) is 5.56 Å². The SMILES string of the molecule is N#CCC1CCN(c2nc(Nc3ccc(N)cc3)c3c(=O)[nH]ncc3n2)CC1. The van der Waals surface area contributed by atoms with Crippen LogP contribution in [0.25, 0.3) is 10.9 Å². The highest BCUT2D eigenvalue weighted by Gasteiger charge is 2.22. The normalized spacial score (nSPS) is 14.8. The highest BCUT2D eigenvalue weighted by molar-refractivity contribution is 5.90. The minimum absolute atomic E-state index is 0.352. The van der Waals surface area contributed by atoms with Crippen molar-refractivity contribution >= 4 is 34.0 Å². The molecule has 0 amide bonds. The molecule has 28 heavy (non-hydrogen) atoms. The van der Waals surface area contributed by atoms with E-state index in [0.29, 0.717) is 40.7 Å². The molecule has 1 aliphatic heterocycles. The van der Waals surface area contributed by atoms with Gasteiger partial charge in [0.05, 0.1) is 12.3 Å². The second-order valence-electron chi connectivity index (χ2n) is 6.87. The van der Waals surface area contributed by atoms with Crippen molar-refractivity contribution in [2.45, 2.75) is 19.3 Å². The number of nitrogens with one attached hydrogen (secondary N) is 2. The van der Waals surface area contributed by atoms with Gasteiger partial charge in [-0.25, -0.2) is 10.1 Å². The number of hydrogen-bond donors (Lipinski definition) is 3. The maximum absolute atomic E-state index is 12.3. The third kappa shape index (κ3) is 3.57. The van der Waals surface area contributed by atoms with Gasteiger partial charge < -0.3 is 16.0 Å². The maximum Gasteiger partial charge on any atom is 0.277 e. The van der Waals surface area contributed by atoms with Crippen LogP contribution in [0.3, 0.4) is 0 Å². The Bertz CT molecular complexity index is 1080. The number of aromatic nitrogens is 4. The fraction of sp³-hybridized carbons (Fsp3) is 0.316. The Kier molecular flexibility index (Phi) is 4.76. The number of rotatable bonds is 4. The van der Waals surface area contributed by atoms with Gasteiger partial charge in [-0.05, 0) is 43.0 Å². The number of fused-ring (bicyclic) bond motifs is 1. The zero-order chi connectivity index (χ0) is 19.5. The quantitative estimate of drug-likeness (QED) is 0.589. The molecular weight excluding hydrogens is 356 g/mol. The first kappa shape index (κ1) is 17.7. The van der Waals surface area contributed by atoms with Crippen LogP contribution in [0.4, 0.5) is 23.1 Å². The molecule has 1 aromatic carbocycles. The van der Waals surface area contributed by atoms with Gasteiger partial charge in [-0.1, -0.05) is 0 Å². The van der Waals surface area contributed by atoms with Crippen LogP contribution in [-0.2, 0) is 0 Å². The van der Waals surface area contributed by atoms with E-state index in [2.05, 4.69) is 36.5 Å². The minimum Gasteiger partial charge on any atom is -0.399 e. The largest absolute Gasteiger partial charge is 0.399 e. The Morgan fingerprint density at radius 1 is 1.25 bits per heavy atom. The number of benzene rings is 1. The van der Waals surface area contributed by atoms with Gasteiger partial charge in [-0.3, -0.25) is 4.79 Å². The number of nitrogens with zero attached hydrogens (tertiary/aromatic N) is 5. The van der Waals surface area contributed by atoms with Crippen molar-refractivity contribution in [3.8, 4) is 6.07 Å². The molecule has 0 radical (unpaired) electrons. The molecule has 0 spiro atoms. The van der Waals surface area contributed by atoms with Gasteiger partial charge in [0, 0.05) is 30.9 Å². The Hall–Kier alpha value is -3.67. The van der Waals surface area contributed by atoms with Crippen molar-refractivity contribution in [2.24, 2.45) is 5.92 Å². The Morgan fingerprint density at radius 3 is 2.71 bits per heavy atom. The topological polar surface area (TPSA) is 137 Å². The van der Waals surface area contributed by atoms with Crippen LogP contribution in [-0.4, -0.2) is 33.3 Å². The molecule has 4 rings (SSSR count). The summed E-state index contributed by atoms with van der Waals surface area (Å²) in [5.41, 5.74) is 7.29. The number of nitriles is 1. The molecule has 0 bridgehead atoms. The van der Waals surface area contributed by atoms with Crippen LogP contribution in [0.1, 0.15) is 19.3 Å². The summed E-state index contributed by atoms with van der Waals surface area (Å²) < 4.78 is 0. The van der Waals surface area contributed by atoms with Crippen LogP contribution >= 0.6 is 0 Å². The van der Waals surface area contributed by atoms with E-state index in [1.165, 1.54) is 6.20 Å². The molecule has 9 nitrogen and oxygen atoms in total. The summed E-state index contributed by atoms with van der Waals surface area (Å²) in [7, 11) is 0. The van der Waals surface area contributed by atoms with Crippen molar-refractivity contribution in [3.63, 3.8) is 0 Å². The zero-order valence-electron chi connectivity index (χ0n) is 15.2. The molecule has 0 saturated carbocycles. The maximum atomic E-state index is 12.3. The Morgan fingerprint density at radius 2 is 2.00 bits per heavy atom. The summed E-state index contributed by atoms with van der Waals surface area (Å²) in [5, 5.41) is 18.8. The summed E-state index contributed by atoms with van der Waals surface area (Å²) in [6.07, 6.45) is 3.95. The molecule has 142 valence electrons. The average molecular weight is 376 g/mol. The molecule has 3 aromatic rings. The molecule has 0 atom stereocenters. The second kappa shape index (κ2) is 7.52. The van der Waals surface area contributed by atoms with Gasteiger partial charge in [0.15, 0.2) is 0 Å². The smallest absolute Gasteiger partial charge is 0.277 e. The fourth-order valence-electron chi connectivity index (χ4n) is 3.39. The molecule has 0 aliphatic carbocycles. The van der Waals surface area contributed by atoms with Crippen LogP contribution in [0, 0.1) is 17.2 Å². The minimum atomic E-state index is -0.352. The van der Waals surface area contributed by atoms with Crippen molar-refractivity contribution in [1.82, 2.24) is 20.2 Å². The number of nitrogen functional groups attached to an aromatic ring is 1. The van der Waals surface area contributed by atoms with Crippen LogP contribution in [0.5, 0.6) is 0 Å². The van der Waals surface area contributed by atoms with Crippen LogP contribution < -0.4 is 21.5 Å². The van der Waals surface area contributed by atoms with Gasteiger partial charge in [0.1, 0.15) is 16.7 Å². The van der Waals surface area contributed by atoms with Crippen molar-refractivity contribution in [2.75, 3.05) is 29.0 Å². The lowest BCUT2D eigenvalue weighted by Crippen LogP contribution is -2.35. The summed E-state index contributed by atoms with van der Waals surface area (Å²) in [6, 6.07) is 9.45. The first-order chi connectivity index (χ1) is 13.6. The number of aromatic amines is 1. The molecule has 1 fully saturated rings. The number of anilines is 4. The fourth-order valence-corrected chi connectivity index (χ4v) is 3.39. The van der Waals surface area contributed by atoms with Crippen LogP contribution in [0.15, 0.2) is 35.3 Å². The number of piperidine rings is 1. The van der Waals surface area contributed by atoms with Gasteiger partial charge in [-0.15, -0.1) is 0 Å². The molecule has 9 heteroatoms. The molecule has 4 N–H and O–H groups in total. The Balaban J connectivity index is 1.70. The molecule has 2 aromatic heterocycles. The summed E-state index contributed by atoms with van der Waals surface area (Å²) in [6.45, 7) is 1.55. The van der Waals surface area contributed by atoms with E-state index >= 15 is 0 Å². The molecular formula is C19H20N8O. The van der Waals surface area contributed by atoms with Gasteiger partial charge >= 0.3 is 0 Å². The second-order valence-corrected chi connectivity index (χ2v) is 6.87. The van der Waals surface area contributed by atoms with Gasteiger partial charge in [0.25, 0.3) is 5.56 Å². The molecule has 3 heterocycles. The third-order valence-electron chi connectivity index (χ3n) is 4.96. The predicted octanol–water partition coefficient (Wildman–Crippen LogP) is 2.17. The lowest BCUT2D eigenvalue weighted by molar-refractivity contribution is 0.409. The molecule has 1 aliphatic rings. The van der Waals surface area contributed by atoms with E-state index in [0.717, 1.165) is 31.6 Å². The third-order valence-corrected chi connectivity index (χ3v) is 4.96. The number of nitrogens with two attached hydrogens (primary N) is 1. The van der Waals surface area contributed by atoms with Gasteiger partial charge in [0.2, 0.25) is 5.95 Å².